The predicted octanol–water partition coefficient (Wildman–Crippen LogP) is 3.16. The van der Waals surface area contributed by atoms with Crippen molar-refractivity contribution in [3.63, 3.8) is 0 Å². The molecule has 0 aliphatic rings. The lowest BCUT2D eigenvalue weighted by Crippen LogP contribution is -1.94. The first-order valence-electron chi connectivity index (χ1n) is 4.28. The van der Waals surface area contributed by atoms with Crippen LogP contribution >= 0.6 is 24.2 Å². The highest BCUT2D eigenvalue weighted by atomic mass is 35.5. The van der Waals surface area contributed by atoms with E-state index < -0.39 is 0 Å². The van der Waals surface area contributed by atoms with Crippen molar-refractivity contribution >= 4 is 35.7 Å². The Morgan fingerprint density at radius 2 is 2.13 bits per heavy atom. The van der Waals surface area contributed by atoms with Crippen LogP contribution in [-0.4, -0.2) is 9.97 Å². The van der Waals surface area contributed by atoms with E-state index in [9.17, 15) is 0 Å². The normalized spacial score (nSPS) is 10.0. The van der Waals surface area contributed by atoms with Crippen LogP contribution in [0.25, 0.3) is 0 Å². The first-order valence-corrected chi connectivity index (χ1v) is 5.10. The summed E-state index contributed by atoms with van der Waals surface area (Å²) >= 11 is 10.3. The lowest BCUT2D eigenvalue weighted by atomic mass is 10.3. The Kier molecular flexibility index (Phi) is 3.08. The van der Waals surface area contributed by atoms with Crippen molar-refractivity contribution in [1.82, 2.24) is 9.97 Å². The largest absolute Gasteiger partial charge is 0.338 e. The van der Waals surface area contributed by atoms with Gasteiger partial charge in [0.2, 0.25) is 0 Å². The fourth-order valence-electron chi connectivity index (χ4n) is 1.12. The molecule has 3 nitrogen and oxygen atoms in total. The van der Waals surface area contributed by atoms with Crippen molar-refractivity contribution in [3.8, 4) is 0 Å². The summed E-state index contributed by atoms with van der Waals surface area (Å²) in [6.07, 6.45) is 4.85. The molecule has 0 radical (unpaired) electrons. The zero-order chi connectivity index (χ0) is 10.7. The van der Waals surface area contributed by atoms with Crippen molar-refractivity contribution in [2.24, 2.45) is 0 Å². The summed E-state index contributed by atoms with van der Waals surface area (Å²) < 4.78 is 0. The number of thiol groups is 1. The van der Waals surface area contributed by atoms with Gasteiger partial charge in [-0.25, -0.2) is 4.98 Å². The SMILES string of the molecule is Sc1cccc(Nc2cnccn2)c1Cl. The number of nitrogens with one attached hydrogen (secondary N) is 1. The molecule has 5 heteroatoms. The van der Waals surface area contributed by atoms with E-state index in [1.54, 1.807) is 18.6 Å². The van der Waals surface area contributed by atoms with Crippen molar-refractivity contribution in [2.45, 2.75) is 4.90 Å². The van der Waals surface area contributed by atoms with Gasteiger partial charge in [0.05, 0.1) is 16.9 Å². The number of halogens is 1. The lowest BCUT2D eigenvalue weighted by Gasteiger charge is -2.07. The minimum absolute atomic E-state index is 0.575. The maximum Gasteiger partial charge on any atom is 0.148 e. The summed E-state index contributed by atoms with van der Waals surface area (Å²) in [6.45, 7) is 0. The van der Waals surface area contributed by atoms with Gasteiger partial charge in [0.15, 0.2) is 0 Å². The second kappa shape index (κ2) is 4.51. The van der Waals surface area contributed by atoms with Crippen LogP contribution in [0.4, 0.5) is 11.5 Å². The molecular formula is C10H8ClN3S. The van der Waals surface area contributed by atoms with Crippen molar-refractivity contribution in [1.29, 1.82) is 0 Å². The number of benzene rings is 1. The number of rotatable bonds is 2. The average molecular weight is 238 g/mol. The Bertz CT molecular complexity index is 461. The molecule has 0 aliphatic carbocycles. The molecule has 0 spiro atoms. The van der Waals surface area contributed by atoms with Gasteiger partial charge >= 0.3 is 0 Å². The zero-order valence-electron chi connectivity index (χ0n) is 7.68. The molecule has 76 valence electrons. The Morgan fingerprint density at radius 3 is 2.87 bits per heavy atom. The third kappa shape index (κ3) is 2.40. The number of hydrogen-bond donors (Lipinski definition) is 2. The number of anilines is 2. The van der Waals surface area contributed by atoms with Crippen LogP contribution in [0.5, 0.6) is 0 Å². The van der Waals surface area contributed by atoms with Crippen LogP contribution in [-0.2, 0) is 0 Å². The maximum absolute atomic E-state index is 6.06. The highest BCUT2D eigenvalue weighted by molar-refractivity contribution is 7.80. The van der Waals surface area contributed by atoms with Gasteiger partial charge in [0.1, 0.15) is 5.82 Å². The highest BCUT2D eigenvalue weighted by Crippen LogP contribution is 2.29. The van der Waals surface area contributed by atoms with Gasteiger partial charge in [-0.05, 0) is 12.1 Å². The summed E-state index contributed by atoms with van der Waals surface area (Å²) in [5.74, 6) is 0.651. The Hall–Kier alpha value is -1.26. The smallest absolute Gasteiger partial charge is 0.148 e. The quantitative estimate of drug-likeness (QED) is 0.788. The molecular weight excluding hydrogens is 230 g/mol. The van der Waals surface area contributed by atoms with Crippen molar-refractivity contribution in [2.75, 3.05) is 5.32 Å². The molecule has 0 bridgehead atoms. The van der Waals surface area contributed by atoms with Crippen LogP contribution < -0.4 is 5.32 Å². The predicted molar refractivity (Wildman–Crippen MR) is 64.0 cm³/mol. The van der Waals surface area contributed by atoms with E-state index in [1.807, 2.05) is 18.2 Å². The molecule has 1 N–H and O–H groups in total. The Morgan fingerprint density at radius 1 is 1.27 bits per heavy atom. The van der Waals surface area contributed by atoms with Crippen LogP contribution in [0.15, 0.2) is 41.7 Å². The third-order valence-electron chi connectivity index (χ3n) is 1.80. The second-order valence-electron chi connectivity index (χ2n) is 2.85. The minimum atomic E-state index is 0.575. The maximum atomic E-state index is 6.06. The summed E-state index contributed by atoms with van der Waals surface area (Å²) in [6, 6.07) is 5.55. The van der Waals surface area contributed by atoms with E-state index in [4.69, 9.17) is 11.6 Å². The topological polar surface area (TPSA) is 37.8 Å². The van der Waals surface area contributed by atoms with Crippen molar-refractivity contribution < 1.29 is 0 Å². The van der Waals surface area contributed by atoms with E-state index >= 15 is 0 Å². The van der Waals surface area contributed by atoms with Crippen LogP contribution in [0.1, 0.15) is 0 Å². The number of hydrogen-bond acceptors (Lipinski definition) is 4. The summed E-state index contributed by atoms with van der Waals surface area (Å²) in [4.78, 5) is 8.76. The standard InChI is InChI=1S/C10H8ClN3S/c11-10-7(2-1-3-8(10)15)14-9-6-12-4-5-13-9/h1-6,15H,(H,13,14). The molecule has 0 amide bonds. The molecule has 2 aromatic rings. The van der Waals surface area contributed by atoms with Gasteiger partial charge in [0.25, 0.3) is 0 Å². The minimum Gasteiger partial charge on any atom is -0.338 e. The molecule has 1 heterocycles. The van der Waals surface area contributed by atoms with Crippen molar-refractivity contribution in [3.05, 3.63) is 41.8 Å². The summed E-state index contributed by atoms with van der Waals surface area (Å²) in [5, 5.41) is 3.63. The fourth-order valence-corrected chi connectivity index (χ4v) is 1.50. The lowest BCUT2D eigenvalue weighted by molar-refractivity contribution is 1.20. The molecule has 1 aromatic carbocycles. The Balaban J connectivity index is 2.29. The molecule has 0 fully saturated rings. The molecule has 2 rings (SSSR count). The fraction of sp³-hybridized carbons (Fsp3) is 0. The van der Waals surface area contributed by atoms with Crippen LogP contribution in [0, 0.1) is 0 Å². The van der Waals surface area contributed by atoms with E-state index in [2.05, 4.69) is 27.9 Å². The molecule has 0 atom stereocenters. The van der Waals surface area contributed by atoms with E-state index in [-0.39, 0.29) is 0 Å². The molecule has 0 saturated carbocycles. The summed E-state index contributed by atoms with van der Waals surface area (Å²) in [7, 11) is 0. The van der Waals surface area contributed by atoms with Gasteiger partial charge in [-0.3, -0.25) is 4.98 Å². The van der Waals surface area contributed by atoms with E-state index in [1.165, 1.54) is 0 Å². The monoisotopic (exact) mass is 237 g/mol. The average Bonchev–Trinajstić information content (AvgIpc) is 2.26. The number of aromatic nitrogens is 2. The summed E-state index contributed by atoms with van der Waals surface area (Å²) in [5.41, 5.74) is 0.768. The first kappa shape index (κ1) is 10.3. The Labute approximate surface area is 97.9 Å². The van der Waals surface area contributed by atoms with Gasteiger partial charge in [-0.1, -0.05) is 17.7 Å². The van der Waals surface area contributed by atoms with E-state index in [0.717, 1.165) is 10.6 Å². The molecule has 1 aromatic heterocycles. The second-order valence-corrected chi connectivity index (χ2v) is 3.71. The molecule has 0 saturated heterocycles. The van der Waals surface area contributed by atoms with Gasteiger partial charge in [-0.15, -0.1) is 12.6 Å². The molecule has 0 unspecified atom stereocenters. The molecule has 0 aliphatic heterocycles. The van der Waals surface area contributed by atoms with Gasteiger partial charge < -0.3 is 5.32 Å². The van der Waals surface area contributed by atoms with Crippen LogP contribution in [0.2, 0.25) is 5.02 Å². The van der Waals surface area contributed by atoms with E-state index in [0.29, 0.717) is 10.8 Å². The number of nitrogens with zero attached hydrogens (tertiary/aromatic N) is 2. The van der Waals surface area contributed by atoms with Gasteiger partial charge in [-0.2, -0.15) is 0 Å². The van der Waals surface area contributed by atoms with Gasteiger partial charge in [0, 0.05) is 17.3 Å². The third-order valence-corrected chi connectivity index (χ3v) is 2.72. The highest BCUT2D eigenvalue weighted by Gasteiger charge is 2.03. The molecule has 15 heavy (non-hydrogen) atoms. The first-order chi connectivity index (χ1) is 7.27. The zero-order valence-corrected chi connectivity index (χ0v) is 9.33. The van der Waals surface area contributed by atoms with Crippen LogP contribution in [0.3, 0.4) is 0 Å².